The molecule has 3 heteroatoms. The zero-order valence-electron chi connectivity index (χ0n) is 9.81. The van der Waals surface area contributed by atoms with Gasteiger partial charge in [0, 0.05) is 11.6 Å². The Hall–Kier alpha value is -1.06. The standard InChI is InChI=1S/C13H19NO2/c1-8(2)9-3-4-12-10(7-9)13(15)11(14)5-6-16-12/h3-4,7-8,11,13,15H,5-6,14H2,1-2H3/t11-,13-/m1/s1. The van der Waals surface area contributed by atoms with Gasteiger partial charge in [0.1, 0.15) is 5.75 Å². The van der Waals surface area contributed by atoms with Crippen LogP contribution in [0.1, 0.15) is 43.4 Å². The van der Waals surface area contributed by atoms with E-state index in [-0.39, 0.29) is 6.04 Å². The number of hydrogen-bond donors (Lipinski definition) is 2. The van der Waals surface area contributed by atoms with Crippen LogP contribution in [-0.4, -0.2) is 17.8 Å². The molecule has 2 rings (SSSR count). The topological polar surface area (TPSA) is 55.5 Å². The third-order valence-electron chi connectivity index (χ3n) is 3.13. The molecule has 1 aliphatic heterocycles. The summed E-state index contributed by atoms with van der Waals surface area (Å²) in [6.45, 7) is 4.84. The van der Waals surface area contributed by atoms with E-state index in [1.165, 1.54) is 5.56 Å². The summed E-state index contributed by atoms with van der Waals surface area (Å²) < 4.78 is 5.58. The van der Waals surface area contributed by atoms with Crippen molar-refractivity contribution in [3.05, 3.63) is 29.3 Å². The Balaban J connectivity index is 2.42. The molecule has 3 nitrogen and oxygen atoms in total. The summed E-state index contributed by atoms with van der Waals surface area (Å²) in [5.41, 5.74) is 7.92. The van der Waals surface area contributed by atoms with Crippen LogP contribution in [-0.2, 0) is 0 Å². The summed E-state index contributed by atoms with van der Waals surface area (Å²) >= 11 is 0. The van der Waals surface area contributed by atoms with Crippen LogP contribution in [0.15, 0.2) is 18.2 Å². The molecule has 88 valence electrons. The first-order chi connectivity index (χ1) is 7.59. The molecule has 0 aliphatic carbocycles. The Morgan fingerprint density at radius 3 is 2.88 bits per heavy atom. The van der Waals surface area contributed by atoms with E-state index in [0.717, 1.165) is 11.3 Å². The summed E-state index contributed by atoms with van der Waals surface area (Å²) in [5, 5.41) is 10.1. The van der Waals surface area contributed by atoms with Gasteiger partial charge in [0.05, 0.1) is 12.7 Å². The lowest BCUT2D eigenvalue weighted by molar-refractivity contribution is 0.144. The van der Waals surface area contributed by atoms with Gasteiger partial charge >= 0.3 is 0 Å². The number of fused-ring (bicyclic) bond motifs is 1. The molecule has 1 heterocycles. The van der Waals surface area contributed by atoms with E-state index >= 15 is 0 Å². The summed E-state index contributed by atoms with van der Waals surface area (Å²) in [6, 6.07) is 5.76. The molecular weight excluding hydrogens is 202 g/mol. The Kier molecular flexibility index (Phi) is 3.17. The molecule has 0 fully saturated rings. The van der Waals surface area contributed by atoms with Gasteiger partial charge in [-0.25, -0.2) is 0 Å². The van der Waals surface area contributed by atoms with Crippen molar-refractivity contribution in [3.8, 4) is 5.75 Å². The maximum absolute atomic E-state index is 10.1. The highest BCUT2D eigenvalue weighted by molar-refractivity contribution is 5.41. The van der Waals surface area contributed by atoms with Gasteiger partial charge in [0.25, 0.3) is 0 Å². The number of aliphatic hydroxyl groups is 1. The third kappa shape index (κ3) is 2.06. The van der Waals surface area contributed by atoms with Gasteiger partial charge in [0.2, 0.25) is 0 Å². The molecule has 16 heavy (non-hydrogen) atoms. The normalized spacial score (nSPS) is 24.8. The zero-order chi connectivity index (χ0) is 11.7. The SMILES string of the molecule is CC(C)c1ccc2c(c1)[C@@H](O)[C@H](N)CCO2. The van der Waals surface area contributed by atoms with E-state index in [1.54, 1.807) is 0 Å². The highest BCUT2D eigenvalue weighted by Crippen LogP contribution is 2.33. The molecule has 0 radical (unpaired) electrons. The average Bonchev–Trinajstić information content (AvgIpc) is 2.40. The molecule has 0 saturated heterocycles. The van der Waals surface area contributed by atoms with Crippen LogP contribution in [0.4, 0.5) is 0 Å². The van der Waals surface area contributed by atoms with Gasteiger partial charge < -0.3 is 15.6 Å². The molecule has 1 aromatic rings. The molecule has 0 spiro atoms. The molecule has 0 aromatic heterocycles. The van der Waals surface area contributed by atoms with Crippen molar-refractivity contribution in [2.75, 3.05) is 6.61 Å². The largest absolute Gasteiger partial charge is 0.493 e. The Bertz CT molecular complexity index is 376. The highest BCUT2D eigenvalue weighted by atomic mass is 16.5. The van der Waals surface area contributed by atoms with Gasteiger partial charge in [0.15, 0.2) is 0 Å². The molecule has 1 aromatic carbocycles. The first kappa shape index (κ1) is 11.4. The van der Waals surface area contributed by atoms with E-state index in [1.807, 2.05) is 18.2 Å². The molecule has 0 bridgehead atoms. The van der Waals surface area contributed by atoms with Gasteiger partial charge in [-0.1, -0.05) is 19.9 Å². The average molecular weight is 221 g/mol. The molecular formula is C13H19NO2. The lowest BCUT2D eigenvalue weighted by atomic mass is 9.95. The van der Waals surface area contributed by atoms with Crippen molar-refractivity contribution in [3.63, 3.8) is 0 Å². The fourth-order valence-corrected chi connectivity index (χ4v) is 1.98. The van der Waals surface area contributed by atoms with Crippen molar-refractivity contribution in [1.82, 2.24) is 0 Å². The fourth-order valence-electron chi connectivity index (χ4n) is 1.98. The first-order valence-corrected chi connectivity index (χ1v) is 5.80. The predicted molar refractivity (Wildman–Crippen MR) is 63.6 cm³/mol. The maximum Gasteiger partial charge on any atom is 0.125 e. The van der Waals surface area contributed by atoms with Gasteiger partial charge in [-0.2, -0.15) is 0 Å². The van der Waals surface area contributed by atoms with E-state index < -0.39 is 6.10 Å². The minimum Gasteiger partial charge on any atom is -0.493 e. The highest BCUT2D eigenvalue weighted by Gasteiger charge is 2.24. The number of nitrogens with two attached hydrogens (primary N) is 1. The number of ether oxygens (including phenoxy) is 1. The smallest absolute Gasteiger partial charge is 0.125 e. The number of hydrogen-bond acceptors (Lipinski definition) is 3. The maximum atomic E-state index is 10.1. The summed E-state index contributed by atoms with van der Waals surface area (Å²) in [7, 11) is 0. The van der Waals surface area contributed by atoms with Crippen molar-refractivity contribution in [2.24, 2.45) is 5.73 Å². The second kappa shape index (κ2) is 4.44. The zero-order valence-corrected chi connectivity index (χ0v) is 9.81. The second-order valence-electron chi connectivity index (χ2n) is 4.70. The summed E-state index contributed by atoms with van der Waals surface area (Å²) in [6.07, 6.45) is 0.0727. The van der Waals surface area contributed by atoms with Crippen LogP contribution in [0.2, 0.25) is 0 Å². The van der Waals surface area contributed by atoms with Crippen LogP contribution < -0.4 is 10.5 Å². The first-order valence-electron chi connectivity index (χ1n) is 5.80. The number of benzene rings is 1. The van der Waals surface area contributed by atoms with E-state index in [9.17, 15) is 5.11 Å². The molecule has 0 saturated carbocycles. The second-order valence-corrected chi connectivity index (χ2v) is 4.70. The monoisotopic (exact) mass is 221 g/mol. The number of rotatable bonds is 1. The Morgan fingerprint density at radius 2 is 2.19 bits per heavy atom. The van der Waals surface area contributed by atoms with Crippen LogP contribution in [0, 0.1) is 0 Å². The third-order valence-corrected chi connectivity index (χ3v) is 3.13. The quantitative estimate of drug-likeness (QED) is 0.762. The van der Waals surface area contributed by atoms with Gasteiger partial charge in [-0.15, -0.1) is 0 Å². The van der Waals surface area contributed by atoms with Crippen molar-refractivity contribution in [2.45, 2.75) is 38.3 Å². The van der Waals surface area contributed by atoms with Gasteiger partial charge in [-0.3, -0.25) is 0 Å². The van der Waals surface area contributed by atoms with E-state index in [2.05, 4.69) is 13.8 Å². The molecule has 0 unspecified atom stereocenters. The fraction of sp³-hybridized carbons (Fsp3) is 0.538. The van der Waals surface area contributed by atoms with Crippen molar-refractivity contribution >= 4 is 0 Å². The Morgan fingerprint density at radius 1 is 1.44 bits per heavy atom. The lowest BCUT2D eigenvalue weighted by Crippen LogP contribution is -2.28. The van der Waals surface area contributed by atoms with Crippen molar-refractivity contribution in [1.29, 1.82) is 0 Å². The van der Waals surface area contributed by atoms with Crippen LogP contribution in [0.3, 0.4) is 0 Å². The van der Waals surface area contributed by atoms with Crippen LogP contribution >= 0.6 is 0 Å². The van der Waals surface area contributed by atoms with Crippen LogP contribution in [0.25, 0.3) is 0 Å². The summed E-state index contributed by atoms with van der Waals surface area (Å²) in [5.74, 6) is 1.21. The molecule has 3 N–H and O–H groups in total. The number of aliphatic hydroxyl groups excluding tert-OH is 1. The van der Waals surface area contributed by atoms with E-state index in [4.69, 9.17) is 10.5 Å². The summed E-state index contributed by atoms with van der Waals surface area (Å²) in [4.78, 5) is 0. The lowest BCUT2D eigenvalue weighted by Gasteiger charge is -2.17. The Labute approximate surface area is 96.2 Å². The molecule has 1 aliphatic rings. The minimum atomic E-state index is -0.615. The minimum absolute atomic E-state index is 0.233. The van der Waals surface area contributed by atoms with Crippen LogP contribution in [0.5, 0.6) is 5.75 Å². The van der Waals surface area contributed by atoms with E-state index in [0.29, 0.717) is 18.9 Å². The molecule has 0 amide bonds. The predicted octanol–water partition coefficient (Wildman–Crippen LogP) is 1.95. The van der Waals surface area contributed by atoms with Crippen molar-refractivity contribution < 1.29 is 9.84 Å². The molecule has 2 atom stereocenters. The van der Waals surface area contributed by atoms with Gasteiger partial charge in [-0.05, 0) is 30.0 Å².